The fourth-order valence-electron chi connectivity index (χ4n) is 3.42. The van der Waals surface area contributed by atoms with Crippen LogP contribution in [0.4, 0.5) is 0 Å². The summed E-state index contributed by atoms with van der Waals surface area (Å²) < 4.78 is 5.28. The molecule has 1 aliphatic heterocycles. The van der Waals surface area contributed by atoms with E-state index in [0.29, 0.717) is 5.92 Å². The summed E-state index contributed by atoms with van der Waals surface area (Å²) in [6.07, 6.45) is 1.12. The summed E-state index contributed by atoms with van der Waals surface area (Å²) in [4.78, 5) is 10.7. The number of halogens is 1. The third-order valence-corrected chi connectivity index (χ3v) is 4.90. The average molecular weight is 342 g/mol. The van der Waals surface area contributed by atoms with Crippen molar-refractivity contribution in [2.24, 2.45) is 0 Å². The number of imidazole rings is 1. The summed E-state index contributed by atoms with van der Waals surface area (Å²) >= 11 is 6.08. The van der Waals surface area contributed by atoms with Gasteiger partial charge in [0, 0.05) is 30.1 Å². The van der Waals surface area contributed by atoms with Crippen molar-refractivity contribution in [1.82, 2.24) is 14.9 Å². The summed E-state index contributed by atoms with van der Waals surface area (Å²) in [6, 6.07) is 14.1. The summed E-state index contributed by atoms with van der Waals surface area (Å²) in [5, 5.41) is 0.800. The molecule has 2 heterocycles. The van der Waals surface area contributed by atoms with Gasteiger partial charge in [0.05, 0.1) is 18.1 Å². The molecule has 1 unspecified atom stereocenters. The van der Waals surface area contributed by atoms with Crippen molar-refractivity contribution in [3.8, 4) is 5.75 Å². The van der Waals surface area contributed by atoms with Crippen LogP contribution in [0.1, 0.15) is 23.7 Å². The maximum absolute atomic E-state index is 6.08. The Bertz CT molecular complexity index is 861. The number of nitrogens with one attached hydrogen (secondary N) is 1. The third kappa shape index (κ3) is 3.12. The van der Waals surface area contributed by atoms with Gasteiger partial charge in [-0.05, 0) is 42.8 Å². The smallest absolute Gasteiger partial charge is 0.121 e. The topological polar surface area (TPSA) is 41.1 Å². The lowest BCUT2D eigenvalue weighted by Gasteiger charge is -2.15. The van der Waals surface area contributed by atoms with Crippen LogP contribution in [0.3, 0.4) is 0 Å². The number of fused-ring (bicyclic) bond motifs is 1. The summed E-state index contributed by atoms with van der Waals surface area (Å²) in [7, 11) is 1.68. The summed E-state index contributed by atoms with van der Waals surface area (Å²) in [6.45, 7) is 3.03. The first-order valence-electron chi connectivity index (χ1n) is 8.22. The van der Waals surface area contributed by atoms with Crippen LogP contribution < -0.4 is 4.74 Å². The van der Waals surface area contributed by atoms with E-state index in [9.17, 15) is 0 Å². The highest BCUT2D eigenvalue weighted by Crippen LogP contribution is 2.29. The lowest BCUT2D eigenvalue weighted by Crippen LogP contribution is -2.19. The Labute approximate surface area is 146 Å². The van der Waals surface area contributed by atoms with Crippen molar-refractivity contribution in [3.63, 3.8) is 0 Å². The van der Waals surface area contributed by atoms with Gasteiger partial charge in [0.25, 0.3) is 0 Å². The van der Waals surface area contributed by atoms with E-state index in [1.54, 1.807) is 7.11 Å². The molecule has 0 amide bonds. The number of aromatic amines is 1. The Hall–Kier alpha value is -2.04. The highest BCUT2D eigenvalue weighted by molar-refractivity contribution is 6.30. The van der Waals surface area contributed by atoms with E-state index in [4.69, 9.17) is 21.3 Å². The van der Waals surface area contributed by atoms with E-state index in [0.717, 1.165) is 53.7 Å². The zero-order valence-corrected chi connectivity index (χ0v) is 14.4. The van der Waals surface area contributed by atoms with E-state index < -0.39 is 0 Å². The van der Waals surface area contributed by atoms with E-state index in [-0.39, 0.29) is 0 Å². The van der Waals surface area contributed by atoms with Gasteiger partial charge < -0.3 is 9.72 Å². The number of benzene rings is 2. The number of rotatable bonds is 4. The normalized spacial score (nSPS) is 18.3. The van der Waals surface area contributed by atoms with Crippen LogP contribution in [-0.2, 0) is 6.54 Å². The van der Waals surface area contributed by atoms with Crippen LogP contribution in [0, 0.1) is 0 Å². The molecule has 0 radical (unpaired) electrons. The molecule has 0 saturated carbocycles. The Morgan fingerprint density at radius 2 is 2.21 bits per heavy atom. The first-order valence-corrected chi connectivity index (χ1v) is 8.59. The molecule has 1 aliphatic rings. The largest absolute Gasteiger partial charge is 0.497 e. The molecule has 1 N–H and O–H groups in total. The number of hydrogen-bond acceptors (Lipinski definition) is 3. The molecule has 2 aromatic carbocycles. The number of hydrogen-bond donors (Lipinski definition) is 1. The van der Waals surface area contributed by atoms with E-state index >= 15 is 0 Å². The van der Waals surface area contributed by atoms with Gasteiger partial charge in [-0.25, -0.2) is 4.98 Å². The van der Waals surface area contributed by atoms with Crippen molar-refractivity contribution >= 4 is 22.6 Å². The van der Waals surface area contributed by atoms with E-state index in [1.807, 2.05) is 36.4 Å². The quantitative estimate of drug-likeness (QED) is 0.772. The Morgan fingerprint density at radius 3 is 3.04 bits per heavy atom. The highest BCUT2D eigenvalue weighted by atomic mass is 35.5. The lowest BCUT2D eigenvalue weighted by atomic mass is 10.1. The van der Waals surface area contributed by atoms with Crippen LogP contribution in [0.2, 0.25) is 5.02 Å². The van der Waals surface area contributed by atoms with Crippen LogP contribution in [-0.4, -0.2) is 35.1 Å². The number of nitrogens with zero attached hydrogens (tertiary/aromatic N) is 2. The standard InChI is InChI=1S/C19H20ClN3O/c1-24-16-5-6-17-18(10-16)22-19(21-17)14-7-8-23(12-14)11-13-3-2-4-15(20)9-13/h2-6,9-10,14H,7-8,11-12H2,1H3,(H,21,22). The molecule has 24 heavy (non-hydrogen) atoms. The predicted molar refractivity (Wildman–Crippen MR) is 96.7 cm³/mol. The van der Waals surface area contributed by atoms with E-state index in [1.165, 1.54) is 5.56 Å². The van der Waals surface area contributed by atoms with Gasteiger partial charge in [-0.3, -0.25) is 4.90 Å². The second kappa shape index (κ2) is 6.46. The Kier molecular flexibility index (Phi) is 4.17. The van der Waals surface area contributed by atoms with Crippen LogP contribution in [0.15, 0.2) is 42.5 Å². The number of H-pyrrole nitrogens is 1. The zero-order chi connectivity index (χ0) is 16.5. The molecular formula is C19H20ClN3O. The minimum Gasteiger partial charge on any atom is -0.497 e. The molecule has 1 atom stereocenters. The Morgan fingerprint density at radius 1 is 1.29 bits per heavy atom. The van der Waals surface area contributed by atoms with Gasteiger partial charge in [0.1, 0.15) is 11.6 Å². The molecule has 0 spiro atoms. The number of aromatic nitrogens is 2. The molecule has 1 aromatic heterocycles. The second-order valence-electron chi connectivity index (χ2n) is 6.36. The van der Waals surface area contributed by atoms with Gasteiger partial charge in [-0.1, -0.05) is 23.7 Å². The molecule has 0 aliphatic carbocycles. The molecule has 124 valence electrons. The van der Waals surface area contributed by atoms with Crippen LogP contribution in [0.25, 0.3) is 11.0 Å². The molecule has 3 aromatic rings. The molecule has 4 rings (SSSR count). The fraction of sp³-hybridized carbons (Fsp3) is 0.316. The van der Waals surface area contributed by atoms with Gasteiger partial charge in [0.15, 0.2) is 0 Å². The summed E-state index contributed by atoms with van der Waals surface area (Å²) in [5.41, 5.74) is 3.30. The Balaban J connectivity index is 1.48. The number of methoxy groups -OCH3 is 1. The molecule has 0 bridgehead atoms. The van der Waals surface area contributed by atoms with Gasteiger partial charge in [-0.15, -0.1) is 0 Å². The minimum absolute atomic E-state index is 0.447. The number of ether oxygens (including phenoxy) is 1. The highest BCUT2D eigenvalue weighted by Gasteiger charge is 2.26. The van der Waals surface area contributed by atoms with Crippen LogP contribution in [0.5, 0.6) is 5.75 Å². The molecule has 1 saturated heterocycles. The van der Waals surface area contributed by atoms with Crippen molar-refractivity contribution in [2.45, 2.75) is 18.9 Å². The van der Waals surface area contributed by atoms with Crippen molar-refractivity contribution in [1.29, 1.82) is 0 Å². The number of likely N-dealkylation sites (tertiary alicyclic amines) is 1. The molecule has 5 heteroatoms. The molecule has 4 nitrogen and oxygen atoms in total. The summed E-state index contributed by atoms with van der Waals surface area (Å²) in [5.74, 6) is 2.38. The first-order chi connectivity index (χ1) is 11.7. The van der Waals surface area contributed by atoms with Crippen molar-refractivity contribution < 1.29 is 4.74 Å². The predicted octanol–water partition coefficient (Wildman–Crippen LogP) is 4.21. The fourth-order valence-corrected chi connectivity index (χ4v) is 3.63. The SMILES string of the molecule is COc1ccc2nc(C3CCN(Cc4cccc(Cl)c4)C3)[nH]c2c1. The maximum atomic E-state index is 6.08. The van der Waals surface area contributed by atoms with Gasteiger partial charge in [0.2, 0.25) is 0 Å². The zero-order valence-electron chi connectivity index (χ0n) is 13.6. The minimum atomic E-state index is 0.447. The lowest BCUT2D eigenvalue weighted by molar-refractivity contribution is 0.326. The third-order valence-electron chi connectivity index (χ3n) is 4.66. The van der Waals surface area contributed by atoms with Crippen molar-refractivity contribution in [2.75, 3.05) is 20.2 Å². The van der Waals surface area contributed by atoms with E-state index in [2.05, 4.69) is 16.0 Å². The van der Waals surface area contributed by atoms with Crippen molar-refractivity contribution in [3.05, 3.63) is 58.9 Å². The maximum Gasteiger partial charge on any atom is 0.121 e. The molecular weight excluding hydrogens is 322 g/mol. The van der Waals surface area contributed by atoms with Crippen LogP contribution >= 0.6 is 11.6 Å². The molecule has 1 fully saturated rings. The average Bonchev–Trinajstić information content (AvgIpc) is 3.20. The first kappa shape index (κ1) is 15.5. The monoisotopic (exact) mass is 341 g/mol. The van der Waals surface area contributed by atoms with Gasteiger partial charge in [-0.2, -0.15) is 0 Å². The second-order valence-corrected chi connectivity index (χ2v) is 6.79. The van der Waals surface area contributed by atoms with Gasteiger partial charge >= 0.3 is 0 Å².